The van der Waals surface area contributed by atoms with E-state index in [-0.39, 0.29) is 18.6 Å². The number of aliphatic hydroxyl groups excluding tert-OH is 1. The monoisotopic (exact) mass is 589 g/mol. The van der Waals surface area contributed by atoms with Gasteiger partial charge in [0.2, 0.25) is 11.8 Å². The van der Waals surface area contributed by atoms with Crippen LogP contribution in [0.25, 0.3) is 10.4 Å². The molecule has 3 aromatic rings. The topological polar surface area (TPSA) is 105 Å². The van der Waals surface area contributed by atoms with E-state index < -0.39 is 29.5 Å². The van der Waals surface area contributed by atoms with Crippen LogP contribution < -0.4 is 11.1 Å². The Hall–Kier alpha value is -3.30. The number of hydrogen-bond donors (Lipinski definition) is 3. The molecule has 0 saturated carbocycles. The van der Waals surface area contributed by atoms with Crippen LogP contribution in [0.5, 0.6) is 0 Å². The van der Waals surface area contributed by atoms with Gasteiger partial charge in [0, 0.05) is 16.8 Å². The van der Waals surface area contributed by atoms with Gasteiger partial charge in [-0.05, 0) is 61.2 Å². The summed E-state index contributed by atoms with van der Waals surface area (Å²) >= 11 is 1.71. The fourth-order valence-electron chi connectivity index (χ4n) is 5.26. The molecular formula is C34H43N3O4S. The Morgan fingerprint density at radius 3 is 2.60 bits per heavy atom. The molecule has 1 fully saturated rings. The lowest BCUT2D eigenvalue weighted by Gasteiger charge is -2.32. The normalized spacial score (nSPS) is 18.9. The third-order valence-corrected chi connectivity index (χ3v) is 8.73. The summed E-state index contributed by atoms with van der Waals surface area (Å²) in [6.45, 7) is 6.33. The first-order valence-electron chi connectivity index (χ1n) is 14.6. The standard InChI is InChI=1S/C34H43N3O4S/c1-24(35)32(39)36-31(25(2)41-22-26-10-5-4-6-11-26)33(40)37-18-8-14-29(37)16-17-34(3,23-38)21-27-12-7-13-28(20-27)30-15-9-19-42-30/h4-7,9-13,15-17,19-20,24-25,29,31,38H,8,14,18,21-23,35H2,1-3H3,(H,36,39)/t24-,25+,29-,31-,34-/m0/s1. The van der Waals surface area contributed by atoms with Gasteiger partial charge in [0.15, 0.2) is 0 Å². The number of ether oxygens (including phenoxy) is 1. The zero-order valence-electron chi connectivity index (χ0n) is 24.7. The summed E-state index contributed by atoms with van der Waals surface area (Å²) in [5, 5.41) is 15.3. The SMILES string of the molecule is C[C@H](N)C(=O)N[C@H](C(=O)N1CCC[C@H]1C=C[C@](C)(CO)Cc1cccc(-c2cccs2)c1)[C@@H](C)OCc1ccccc1. The Labute approximate surface area is 253 Å². The first-order valence-corrected chi connectivity index (χ1v) is 15.5. The van der Waals surface area contributed by atoms with E-state index in [0.29, 0.717) is 19.6 Å². The molecule has 42 heavy (non-hydrogen) atoms. The molecule has 2 amide bonds. The van der Waals surface area contributed by atoms with Gasteiger partial charge in [-0.3, -0.25) is 9.59 Å². The number of thiophene rings is 1. The van der Waals surface area contributed by atoms with E-state index in [1.165, 1.54) is 10.4 Å². The fourth-order valence-corrected chi connectivity index (χ4v) is 5.99. The van der Waals surface area contributed by atoms with Crippen molar-refractivity contribution in [3.05, 3.63) is 95.4 Å². The number of rotatable bonds is 13. The summed E-state index contributed by atoms with van der Waals surface area (Å²) in [6.07, 6.45) is 5.86. The number of carbonyl (C=O) groups excluding carboxylic acids is 2. The largest absolute Gasteiger partial charge is 0.395 e. The van der Waals surface area contributed by atoms with Gasteiger partial charge in [-0.1, -0.05) is 79.7 Å². The van der Waals surface area contributed by atoms with Crippen LogP contribution in [-0.4, -0.2) is 59.2 Å². The number of benzene rings is 2. The molecule has 1 aliphatic heterocycles. The van der Waals surface area contributed by atoms with Crippen LogP contribution in [0.15, 0.2) is 84.3 Å². The van der Waals surface area contributed by atoms with Crippen LogP contribution >= 0.6 is 11.3 Å². The van der Waals surface area contributed by atoms with E-state index in [2.05, 4.69) is 41.0 Å². The summed E-state index contributed by atoms with van der Waals surface area (Å²) in [7, 11) is 0. The predicted molar refractivity (Wildman–Crippen MR) is 169 cm³/mol. The maximum Gasteiger partial charge on any atom is 0.248 e. The zero-order valence-corrected chi connectivity index (χ0v) is 25.6. The van der Waals surface area contributed by atoms with Crippen molar-refractivity contribution in [2.24, 2.45) is 11.1 Å². The van der Waals surface area contributed by atoms with Gasteiger partial charge in [0.1, 0.15) is 6.04 Å². The first kappa shape index (κ1) is 31.6. The molecule has 1 saturated heterocycles. The second kappa shape index (κ2) is 14.7. The molecule has 1 aromatic heterocycles. The highest BCUT2D eigenvalue weighted by Gasteiger charge is 2.37. The quantitative estimate of drug-likeness (QED) is 0.245. The van der Waals surface area contributed by atoms with Gasteiger partial charge in [-0.25, -0.2) is 0 Å². The van der Waals surface area contributed by atoms with Gasteiger partial charge < -0.3 is 25.8 Å². The number of aliphatic hydroxyl groups is 1. The highest BCUT2D eigenvalue weighted by molar-refractivity contribution is 7.13. The van der Waals surface area contributed by atoms with E-state index in [1.807, 2.05) is 60.4 Å². The second-order valence-corrected chi connectivity index (χ2v) is 12.5. The number of amides is 2. The van der Waals surface area contributed by atoms with Crippen molar-refractivity contribution in [1.82, 2.24) is 10.2 Å². The average molecular weight is 590 g/mol. The van der Waals surface area contributed by atoms with Crippen molar-refractivity contribution in [2.45, 2.75) is 70.9 Å². The Bertz CT molecular complexity index is 1330. The Balaban J connectivity index is 1.47. The maximum atomic E-state index is 13.9. The van der Waals surface area contributed by atoms with E-state index in [1.54, 1.807) is 25.2 Å². The van der Waals surface area contributed by atoms with E-state index in [9.17, 15) is 14.7 Å². The second-order valence-electron chi connectivity index (χ2n) is 11.5. The third-order valence-electron chi connectivity index (χ3n) is 7.81. The third kappa shape index (κ3) is 8.38. The van der Waals surface area contributed by atoms with Gasteiger partial charge >= 0.3 is 0 Å². The van der Waals surface area contributed by atoms with Gasteiger partial charge in [0.25, 0.3) is 0 Å². The molecule has 4 rings (SSSR count). The molecule has 0 radical (unpaired) electrons. The highest BCUT2D eigenvalue weighted by atomic mass is 32.1. The van der Waals surface area contributed by atoms with Crippen LogP contribution in [0, 0.1) is 5.41 Å². The molecule has 5 atom stereocenters. The molecule has 2 heterocycles. The molecule has 0 spiro atoms. The minimum Gasteiger partial charge on any atom is -0.395 e. The Kier molecular flexibility index (Phi) is 11.1. The predicted octanol–water partition coefficient (Wildman–Crippen LogP) is 4.94. The molecule has 0 aliphatic carbocycles. The van der Waals surface area contributed by atoms with Gasteiger partial charge in [-0.15, -0.1) is 11.3 Å². The molecule has 1 aliphatic rings. The highest BCUT2D eigenvalue weighted by Crippen LogP contribution is 2.30. The molecular weight excluding hydrogens is 546 g/mol. The summed E-state index contributed by atoms with van der Waals surface area (Å²) < 4.78 is 6.07. The fraction of sp³-hybridized carbons (Fsp3) is 0.412. The molecule has 7 nitrogen and oxygen atoms in total. The smallest absolute Gasteiger partial charge is 0.248 e. The van der Waals surface area contributed by atoms with Gasteiger partial charge in [-0.2, -0.15) is 0 Å². The van der Waals surface area contributed by atoms with Crippen molar-refractivity contribution >= 4 is 23.2 Å². The lowest BCUT2D eigenvalue weighted by Crippen LogP contribution is -2.57. The van der Waals surface area contributed by atoms with Crippen molar-refractivity contribution in [2.75, 3.05) is 13.2 Å². The molecule has 0 bridgehead atoms. The summed E-state index contributed by atoms with van der Waals surface area (Å²) in [5.74, 6) is -0.585. The minimum atomic E-state index is -0.870. The van der Waals surface area contributed by atoms with Crippen LogP contribution in [0.3, 0.4) is 0 Å². The summed E-state index contributed by atoms with van der Waals surface area (Å²) in [4.78, 5) is 29.5. The van der Waals surface area contributed by atoms with Crippen LogP contribution in [0.2, 0.25) is 0 Å². The maximum absolute atomic E-state index is 13.9. The van der Waals surface area contributed by atoms with Crippen molar-refractivity contribution in [3.8, 4) is 10.4 Å². The number of carbonyl (C=O) groups is 2. The average Bonchev–Trinajstić information content (AvgIpc) is 3.71. The number of nitrogens with zero attached hydrogens (tertiary/aromatic N) is 1. The van der Waals surface area contributed by atoms with Crippen molar-refractivity contribution < 1.29 is 19.4 Å². The lowest BCUT2D eigenvalue weighted by molar-refractivity contribution is -0.141. The van der Waals surface area contributed by atoms with Gasteiger partial charge in [0.05, 0.1) is 31.4 Å². The van der Waals surface area contributed by atoms with Crippen LogP contribution in [0.1, 0.15) is 44.7 Å². The number of nitrogens with one attached hydrogen (secondary N) is 1. The Morgan fingerprint density at radius 1 is 1.14 bits per heavy atom. The molecule has 224 valence electrons. The number of nitrogens with two attached hydrogens (primary N) is 1. The molecule has 8 heteroatoms. The van der Waals surface area contributed by atoms with E-state index in [4.69, 9.17) is 10.5 Å². The Morgan fingerprint density at radius 2 is 1.90 bits per heavy atom. The minimum absolute atomic E-state index is 0.0230. The van der Waals surface area contributed by atoms with E-state index in [0.717, 1.165) is 24.0 Å². The van der Waals surface area contributed by atoms with Crippen LogP contribution in [-0.2, 0) is 27.4 Å². The summed E-state index contributed by atoms with van der Waals surface area (Å²) in [5.41, 5.74) is 8.63. The van der Waals surface area contributed by atoms with Crippen molar-refractivity contribution in [1.29, 1.82) is 0 Å². The summed E-state index contributed by atoms with van der Waals surface area (Å²) in [6, 6.07) is 20.6. The van der Waals surface area contributed by atoms with Crippen molar-refractivity contribution in [3.63, 3.8) is 0 Å². The van der Waals surface area contributed by atoms with Crippen LogP contribution in [0.4, 0.5) is 0 Å². The zero-order chi connectivity index (χ0) is 30.1. The van der Waals surface area contributed by atoms with E-state index >= 15 is 0 Å². The number of hydrogen-bond acceptors (Lipinski definition) is 6. The molecule has 2 aromatic carbocycles. The first-order chi connectivity index (χ1) is 20.2. The molecule has 4 N–H and O–H groups in total. The molecule has 0 unspecified atom stereocenters. The lowest BCUT2D eigenvalue weighted by atomic mass is 9.83. The number of likely N-dealkylation sites (tertiary alicyclic amines) is 1.